The number of fused-ring (bicyclic) bond motifs is 1. The average Bonchev–Trinajstić information content (AvgIpc) is 3.07. The van der Waals surface area contributed by atoms with Gasteiger partial charge in [0.1, 0.15) is 18.1 Å². The lowest BCUT2D eigenvalue weighted by atomic mass is 10.1. The number of amides is 1. The third-order valence-electron chi connectivity index (χ3n) is 4.49. The third kappa shape index (κ3) is 5.30. The van der Waals surface area contributed by atoms with Crippen molar-refractivity contribution < 1.29 is 32.3 Å². The first-order valence-corrected chi connectivity index (χ1v) is 11.4. The fraction of sp³-hybridized carbons (Fsp3) is 0.238. The number of benzene rings is 2. The Labute approximate surface area is 184 Å². The van der Waals surface area contributed by atoms with Crippen molar-refractivity contribution in [1.29, 1.82) is 0 Å². The number of hydrogen-bond acceptors (Lipinski definition) is 8. The summed E-state index contributed by atoms with van der Waals surface area (Å²) in [6.45, 7) is -0.235. The van der Waals surface area contributed by atoms with Gasteiger partial charge < -0.3 is 19.4 Å². The molecule has 0 saturated heterocycles. The predicted molar refractivity (Wildman–Crippen MR) is 116 cm³/mol. The van der Waals surface area contributed by atoms with Crippen molar-refractivity contribution in [2.75, 3.05) is 25.8 Å². The Morgan fingerprint density at radius 1 is 1.00 bits per heavy atom. The van der Waals surface area contributed by atoms with Crippen LogP contribution < -0.4 is 5.32 Å². The van der Waals surface area contributed by atoms with Crippen molar-refractivity contribution in [2.24, 2.45) is 0 Å². The molecule has 32 heavy (non-hydrogen) atoms. The summed E-state index contributed by atoms with van der Waals surface area (Å²) in [5.74, 6) is -2.01. The number of esters is 2. The summed E-state index contributed by atoms with van der Waals surface area (Å²) in [5.41, 5.74) is 1.43. The van der Waals surface area contributed by atoms with Gasteiger partial charge in [0.25, 0.3) is 0 Å². The van der Waals surface area contributed by atoms with E-state index in [1.165, 1.54) is 37.0 Å². The zero-order valence-electron chi connectivity index (χ0n) is 17.6. The summed E-state index contributed by atoms with van der Waals surface area (Å²) < 4.78 is 34.5. The molecule has 168 valence electrons. The van der Waals surface area contributed by atoms with Crippen molar-refractivity contribution in [3.63, 3.8) is 0 Å². The lowest BCUT2D eigenvalue weighted by Gasteiger charge is -2.12. The standard InChI is InChI=1S/C21H21N3O7S/c1-30-20(26)13-8-14(21(27)31-2)10-15(9-13)22-19(25)11-24-17-7-5-4-6-16(17)23-18(24)12-32(3,28)29/h4-10H,11-12H2,1-3H3,(H,22,25). The molecule has 0 aliphatic heterocycles. The lowest BCUT2D eigenvalue weighted by molar-refractivity contribution is -0.116. The van der Waals surface area contributed by atoms with E-state index in [4.69, 9.17) is 0 Å². The SMILES string of the molecule is COC(=O)c1cc(NC(=O)Cn2c(CS(C)(=O)=O)nc3ccccc32)cc(C(=O)OC)c1. The van der Waals surface area contributed by atoms with Crippen LogP contribution in [0.25, 0.3) is 11.0 Å². The number of aromatic nitrogens is 2. The van der Waals surface area contributed by atoms with Crippen LogP contribution in [-0.2, 0) is 36.4 Å². The number of para-hydroxylation sites is 2. The van der Waals surface area contributed by atoms with Gasteiger partial charge in [-0.25, -0.2) is 23.0 Å². The molecule has 2 aromatic carbocycles. The summed E-state index contributed by atoms with van der Waals surface area (Å²) >= 11 is 0. The Morgan fingerprint density at radius 3 is 2.16 bits per heavy atom. The summed E-state index contributed by atoms with van der Waals surface area (Å²) in [4.78, 5) is 41.0. The van der Waals surface area contributed by atoms with Gasteiger partial charge in [0.15, 0.2) is 9.84 Å². The number of carbonyl (C=O) groups excluding carboxylic acids is 3. The minimum Gasteiger partial charge on any atom is -0.465 e. The van der Waals surface area contributed by atoms with E-state index >= 15 is 0 Å². The highest BCUT2D eigenvalue weighted by Gasteiger charge is 2.19. The molecule has 0 aliphatic carbocycles. The van der Waals surface area contributed by atoms with E-state index in [0.717, 1.165) is 6.26 Å². The van der Waals surface area contributed by atoms with Gasteiger partial charge in [-0.05, 0) is 30.3 Å². The molecule has 1 heterocycles. The van der Waals surface area contributed by atoms with Gasteiger partial charge in [0, 0.05) is 11.9 Å². The Hall–Kier alpha value is -3.73. The number of rotatable bonds is 7. The second-order valence-electron chi connectivity index (χ2n) is 7.00. The zero-order chi connectivity index (χ0) is 23.5. The molecule has 3 rings (SSSR count). The van der Waals surface area contributed by atoms with Crippen LogP contribution in [0.4, 0.5) is 5.69 Å². The quantitative estimate of drug-likeness (QED) is 0.529. The van der Waals surface area contributed by atoms with E-state index in [-0.39, 0.29) is 34.9 Å². The maximum Gasteiger partial charge on any atom is 0.337 e. The van der Waals surface area contributed by atoms with Gasteiger partial charge in [0.05, 0.1) is 36.4 Å². The predicted octanol–water partition coefficient (Wildman–Crippen LogP) is 1.79. The summed E-state index contributed by atoms with van der Waals surface area (Å²) in [6.07, 6.45) is 1.09. The van der Waals surface area contributed by atoms with Crippen molar-refractivity contribution in [3.8, 4) is 0 Å². The molecule has 0 fully saturated rings. The van der Waals surface area contributed by atoms with Crippen LogP contribution >= 0.6 is 0 Å². The number of anilines is 1. The monoisotopic (exact) mass is 459 g/mol. The van der Waals surface area contributed by atoms with Crippen LogP contribution in [0.3, 0.4) is 0 Å². The maximum absolute atomic E-state index is 12.8. The van der Waals surface area contributed by atoms with Gasteiger partial charge in [0.2, 0.25) is 5.91 Å². The van der Waals surface area contributed by atoms with E-state index in [9.17, 15) is 22.8 Å². The van der Waals surface area contributed by atoms with E-state index in [2.05, 4.69) is 19.8 Å². The van der Waals surface area contributed by atoms with Crippen molar-refractivity contribution in [2.45, 2.75) is 12.3 Å². The number of ether oxygens (including phenoxy) is 2. The first kappa shape index (κ1) is 22.9. The summed E-state index contributed by atoms with van der Waals surface area (Å²) in [6, 6.07) is 11.0. The second kappa shape index (κ2) is 9.18. The van der Waals surface area contributed by atoms with Crippen LogP contribution in [0.15, 0.2) is 42.5 Å². The Kier molecular flexibility index (Phi) is 6.58. The Bertz CT molecular complexity index is 1280. The highest BCUT2D eigenvalue weighted by Crippen LogP contribution is 2.20. The molecule has 0 spiro atoms. The molecule has 0 unspecified atom stereocenters. The molecule has 1 amide bonds. The van der Waals surface area contributed by atoms with Gasteiger partial charge in [-0.3, -0.25) is 4.79 Å². The molecule has 1 aromatic heterocycles. The number of carbonyl (C=O) groups is 3. The minimum atomic E-state index is -3.40. The number of methoxy groups -OCH3 is 2. The molecule has 0 saturated carbocycles. The molecule has 10 nitrogen and oxygen atoms in total. The lowest BCUT2D eigenvalue weighted by Crippen LogP contribution is -2.21. The van der Waals surface area contributed by atoms with Gasteiger partial charge in [-0.1, -0.05) is 12.1 Å². The van der Waals surface area contributed by atoms with Gasteiger partial charge >= 0.3 is 11.9 Å². The Balaban J connectivity index is 1.94. The van der Waals surface area contributed by atoms with Crippen LogP contribution in [0.5, 0.6) is 0 Å². The van der Waals surface area contributed by atoms with E-state index < -0.39 is 27.7 Å². The fourth-order valence-electron chi connectivity index (χ4n) is 3.16. The third-order valence-corrected chi connectivity index (χ3v) is 5.27. The van der Waals surface area contributed by atoms with Crippen molar-refractivity contribution in [3.05, 3.63) is 59.4 Å². The topological polar surface area (TPSA) is 134 Å². The summed E-state index contributed by atoms with van der Waals surface area (Å²) in [7, 11) is -1.01. The number of nitrogens with one attached hydrogen (secondary N) is 1. The van der Waals surface area contributed by atoms with E-state index in [1.807, 2.05) is 0 Å². The number of imidazole rings is 1. The molecular formula is C21H21N3O7S. The molecule has 3 aromatic rings. The second-order valence-corrected chi connectivity index (χ2v) is 9.14. The number of sulfone groups is 1. The molecule has 11 heteroatoms. The highest BCUT2D eigenvalue weighted by atomic mass is 32.2. The number of hydrogen-bond donors (Lipinski definition) is 1. The average molecular weight is 459 g/mol. The fourth-order valence-corrected chi connectivity index (χ4v) is 3.85. The van der Waals surface area contributed by atoms with E-state index in [0.29, 0.717) is 11.0 Å². The zero-order valence-corrected chi connectivity index (χ0v) is 18.4. The van der Waals surface area contributed by atoms with Crippen LogP contribution in [0, 0.1) is 0 Å². The van der Waals surface area contributed by atoms with Gasteiger partial charge in [-0.2, -0.15) is 0 Å². The molecule has 0 bridgehead atoms. The number of nitrogens with zero attached hydrogens (tertiary/aromatic N) is 2. The molecule has 0 aliphatic rings. The molecule has 0 radical (unpaired) electrons. The molecule has 0 atom stereocenters. The largest absolute Gasteiger partial charge is 0.465 e. The maximum atomic E-state index is 12.8. The first-order valence-electron chi connectivity index (χ1n) is 9.34. The van der Waals surface area contributed by atoms with Crippen LogP contribution in [-0.4, -0.2) is 56.3 Å². The van der Waals surface area contributed by atoms with Crippen molar-refractivity contribution in [1.82, 2.24) is 9.55 Å². The molecular weight excluding hydrogens is 438 g/mol. The Morgan fingerprint density at radius 2 is 1.59 bits per heavy atom. The van der Waals surface area contributed by atoms with Crippen LogP contribution in [0.1, 0.15) is 26.5 Å². The van der Waals surface area contributed by atoms with Gasteiger partial charge in [-0.15, -0.1) is 0 Å². The van der Waals surface area contributed by atoms with Crippen LogP contribution in [0.2, 0.25) is 0 Å². The smallest absolute Gasteiger partial charge is 0.337 e. The molecule has 1 N–H and O–H groups in total. The highest BCUT2D eigenvalue weighted by molar-refractivity contribution is 7.89. The normalized spacial score (nSPS) is 11.2. The first-order chi connectivity index (χ1) is 15.1. The van der Waals surface area contributed by atoms with Crippen molar-refractivity contribution >= 4 is 44.4 Å². The minimum absolute atomic E-state index is 0.0524. The summed E-state index contributed by atoms with van der Waals surface area (Å²) in [5, 5.41) is 2.62. The van der Waals surface area contributed by atoms with E-state index in [1.54, 1.807) is 24.3 Å².